The van der Waals surface area contributed by atoms with Crippen molar-refractivity contribution in [2.24, 2.45) is 0 Å². The van der Waals surface area contributed by atoms with Crippen molar-refractivity contribution >= 4 is 34.2 Å². The van der Waals surface area contributed by atoms with Crippen molar-refractivity contribution in [1.29, 1.82) is 0 Å². The van der Waals surface area contributed by atoms with Crippen molar-refractivity contribution < 1.29 is 18.7 Å². The lowest BCUT2D eigenvalue weighted by Gasteiger charge is -2.41. The van der Waals surface area contributed by atoms with E-state index in [2.05, 4.69) is 23.1 Å². The molecule has 0 radical (unpaired) electrons. The van der Waals surface area contributed by atoms with E-state index >= 15 is 4.39 Å². The minimum absolute atomic E-state index is 0.0695. The third-order valence-electron chi connectivity index (χ3n) is 5.39. The summed E-state index contributed by atoms with van der Waals surface area (Å²) in [5.74, 6) is -1.97. The molecule has 0 bridgehead atoms. The summed E-state index contributed by atoms with van der Waals surface area (Å²) in [4.78, 5) is 23.9. The van der Waals surface area contributed by atoms with Crippen LogP contribution in [0.5, 0.6) is 5.75 Å². The van der Waals surface area contributed by atoms with E-state index < -0.39 is 17.4 Å². The second-order valence-corrected chi connectivity index (χ2v) is 7.89. The normalized spacial score (nSPS) is 16.5. The minimum atomic E-state index is -0.871. The van der Waals surface area contributed by atoms with Gasteiger partial charge in [-0.3, -0.25) is 4.79 Å². The molecule has 1 atom stereocenters. The first-order valence-electron chi connectivity index (χ1n) is 9.73. The van der Waals surface area contributed by atoms with Crippen molar-refractivity contribution in [1.82, 2.24) is 14.9 Å². The van der Waals surface area contributed by atoms with Gasteiger partial charge < -0.3 is 14.9 Å². The first kappa shape index (κ1) is 21.7. The monoisotopic (exact) mass is 456 g/mol. The minimum Gasteiger partial charge on any atom is -0.507 e. The van der Waals surface area contributed by atoms with Crippen LogP contribution in [0.25, 0.3) is 22.0 Å². The number of halogens is 3. The van der Waals surface area contributed by atoms with Crippen molar-refractivity contribution in [3.63, 3.8) is 0 Å². The summed E-state index contributed by atoms with van der Waals surface area (Å²) in [7, 11) is 0. The summed E-state index contributed by atoms with van der Waals surface area (Å²) in [5, 5.41) is 10.3. The maximum Gasteiger partial charge on any atom is 0.250 e. The highest BCUT2D eigenvalue weighted by atomic mass is 35.5. The van der Waals surface area contributed by atoms with Crippen LogP contribution in [-0.4, -0.2) is 45.0 Å². The number of amides is 1. The highest BCUT2D eigenvalue weighted by Crippen LogP contribution is 2.42. The van der Waals surface area contributed by atoms with E-state index in [-0.39, 0.29) is 40.2 Å². The summed E-state index contributed by atoms with van der Waals surface area (Å²) in [5.41, 5.74) is -0.144. The Morgan fingerprint density at radius 2 is 2.06 bits per heavy atom. The molecule has 1 aromatic heterocycles. The maximum absolute atomic E-state index is 15.5. The predicted octanol–water partition coefficient (Wildman–Crippen LogP) is 4.67. The van der Waals surface area contributed by atoms with Crippen LogP contribution in [0.2, 0.25) is 5.02 Å². The largest absolute Gasteiger partial charge is 0.507 e. The van der Waals surface area contributed by atoms with Crippen LogP contribution in [0.15, 0.2) is 55.5 Å². The molecule has 0 aliphatic carbocycles. The zero-order chi connectivity index (χ0) is 23.2. The number of rotatable bonds is 3. The first-order valence-corrected chi connectivity index (χ1v) is 10.1. The summed E-state index contributed by atoms with van der Waals surface area (Å²) in [6, 6.07) is 4.89. The average molecular weight is 457 g/mol. The second-order valence-electron chi connectivity index (χ2n) is 7.48. The first-order chi connectivity index (χ1) is 15.2. The van der Waals surface area contributed by atoms with Gasteiger partial charge >= 0.3 is 0 Å². The molecule has 3 aromatic rings. The Kier molecular flexibility index (Phi) is 5.56. The number of benzene rings is 2. The third kappa shape index (κ3) is 3.46. The van der Waals surface area contributed by atoms with Crippen LogP contribution in [0, 0.1) is 11.6 Å². The number of phenols is 1. The molecule has 1 aliphatic heterocycles. The van der Waals surface area contributed by atoms with Gasteiger partial charge in [0.2, 0.25) is 5.91 Å². The van der Waals surface area contributed by atoms with Crippen LogP contribution in [0.4, 0.5) is 14.6 Å². The van der Waals surface area contributed by atoms with Crippen LogP contribution in [0.1, 0.15) is 6.92 Å². The number of nitrogens with zero attached hydrogens (tertiary/aromatic N) is 4. The lowest BCUT2D eigenvalue weighted by molar-refractivity contribution is -0.126. The average Bonchev–Trinajstić information content (AvgIpc) is 2.74. The van der Waals surface area contributed by atoms with Crippen molar-refractivity contribution in [3.05, 3.63) is 72.2 Å². The molecule has 4 rings (SSSR count). The molecule has 2 aromatic carbocycles. The van der Waals surface area contributed by atoms with E-state index in [4.69, 9.17) is 11.6 Å². The number of hydrogen-bond donors (Lipinski definition) is 1. The van der Waals surface area contributed by atoms with Crippen molar-refractivity contribution in [3.8, 4) is 16.9 Å². The van der Waals surface area contributed by atoms with Gasteiger partial charge in [-0.15, -0.1) is 0 Å². The standard InChI is InChI=1S/C23H19ClF2N4O2/c1-4-18(32)30-12(2)9-29(10-13(30)3)23-14-8-15(24)19(21(26)22(14)27-11-28-23)20-16(25)6-5-7-17(20)31/h4-8,11,13,31H,1-2,9-10H2,3H3/t13-/m1/s1. The van der Waals surface area contributed by atoms with E-state index in [0.29, 0.717) is 23.4 Å². The Morgan fingerprint density at radius 3 is 2.72 bits per heavy atom. The number of piperazine rings is 1. The van der Waals surface area contributed by atoms with Gasteiger partial charge in [-0.05, 0) is 31.2 Å². The van der Waals surface area contributed by atoms with E-state index in [1.807, 2.05) is 11.8 Å². The predicted molar refractivity (Wildman–Crippen MR) is 119 cm³/mol. The molecular formula is C23H19ClF2N4O2. The smallest absolute Gasteiger partial charge is 0.250 e. The highest BCUT2D eigenvalue weighted by Gasteiger charge is 2.31. The Bertz CT molecular complexity index is 1260. The zero-order valence-corrected chi connectivity index (χ0v) is 17.9. The number of phenolic OH excluding ortho intramolecular Hbond substituents is 1. The maximum atomic E-state index is 15.5. The molecule has 164 valence electrons. The van der Waals surface area contributed by atoms with Gasteiger partial charge in [0.1, 0.15) is 29.2 Å². The number of aromatic nitrogens is 2. The SMILES string of the molecule is C=CC(=O)N1C(=C)CN(c2ncnc3c(F)c(-c4c(O)cccc4F)c(Cl)cc23)C[C@H]1C. The number of hydrogen-bond acceptors (Lipinski definition) is 5. The van der Waals surface area contributed by atoms with E-state index in [0.717, 1.165) is 6.07 Å². The molecule has 32 heavy (non-hydrogen) atoms. The molecule has 0 unspecified atom stereocenters. The number of fused-ring (bicyclic) bond motifs is 1. The van der Waals surface area contributed by atoms with Gasteiger partial charge in [0.25, 0.3) is 0 Å². The quantitative estimate of drug-likeness (QED) is 0.580. The molecular weight excluding hydrogens is 438 g/mol. The number of anilines is 1. The van der Waals surface area contributed by atoms with Gasteiger partial charge in [0.15, 0.2) is 5.82 Å². The molecule has 1 N–H and O–H groups in total. The molecule has 2 heterocycles. The van der Waals surface area contributed by atoms with E-state index in [1.165, 1.54) is 30.6 Å². The fourth-order valence-electron chi connectivity index (χ4n) is 4.06. The van der Waals surface area contributed by atoms with Gasteiger partial charge in [0.05, 0.1) is 23.2 Å². The Labute approximate surface area is 188 Å². The van der Waals surface area contributed by atoms with E-state index in [9.17, 15) is 14.3 Å². The molecule has 0 spiro atoms. The Morgan fingerprint density at radius 1 is 1.31 bits per heavy atom. The topological polar surface area (TPSA) is 69.6 Å². The molecule has 1 amide bonds. The number of carbonyl (C=O) groups is 1. The second kappa shape index (κ2) is 8.20. The zero-order valence-electron chi connectivity index (χ0n) is 17.1. The summed E-state index contributed by atoms with van der Waals surface area (Å²) in [6.07, 6.45) is 2.43. The van der Waals surface area contributed by atoms with Crippen LogP contribution in [0.3, 0.4) is 0 Å². The molecule has 1 aliphatic rings. The summed E-state index contributed by atoms with van der Waals surface area (Å²) >= 11 is 6.37. The van der Waals surface area contributed by atoms with Gasteiger partial charge in [0, 0.05) is 23.2 Å². The number of aromatic hydroxyl groups is 1. The van der Waals surface area contributed by atoms with Gasteiger partial charge in [-0.2, -0.15) is 0 Å². The van der Waals surface area contributed by atoms with Crippen LogP contribution in [-0.2, 0) is 4.79 Å². The van der Waals surface area contributed by atoms with Crippen LogP contribution >= 0.6 is 11.6 Å². The highest BCUT2D eigenvalue weighted by molar-refractivity contribution is 6.34. The fourth-order valence-corrected chi connectivity index (χ4v) is 4.35. The molecule has 9 heteroatoms. The Balaban J connectivity index is 1.84. The van der Waals surface area contributed by atoms with Crippen molar-refractivity contribution in [2.75, 3.05) is 18.0 Å². The molecule has 1 fully saturated rings. The Hall–Kier alpha value is -3.52. The fraction of sp³-hybridized carbons (Fsp3) is 0.174. The van der Waals surface area contributed by atoms with Gasteiger partial charge in [-0.25, -0.2) is 18.7 Å². The lowest BCUT2D eigenvalue weighted by Crippen LogP contribution is -2.52. The third-order valence-corrected chi connectivity index (χ3v) is 5.69. The number of carbonyl (C=O) groups excluding carboxylic acids is 1. The molecule has 6 nitrogen and oxygen atoms in total. The molecule has 1 saturated heterocycles. The summed E-state index contributed by atoms with van der Waals surface area (Å²) in [6.45, 7) is 10.0. The van der Waals surface area contributed by atoms with Crippen molar-refractivity contribution in [2.45, 2.75) is 13.0 Å². The van der Waals surface area contributed by atoms with Crippen LogP contribution < -0.4 is 4.90 Å². The lowest BCUT2D eigenvalue weighted by atomic mass is 10.0. The van der Waals surface area contributed by atoms with E-state index in [1.54, 1.807) is 4.90 Å². The molecule has 0 saturated carbocycles. The van der Waals surface area contributed by atoms with Gasteiger partial charge in [-0.1, -0.05) is 30.8 Å². The summed E-state index contributed by atoms with van der Waals surface area (Å²) < 4.78 is 29.9.